The minimum atomic E-state index is -3.08. The Morgan fingerprint density at radius 1 is 1.50 bits per heavy atom. The van der Waals surface area contributed by atoms with Gasteiger partial charge in [-0.05, 0) is 0 Å². The predicted molar refractivity (Wildman–Crippen MR) is 76.7 cm³/mol. The normalized spacial score (nSPS) is 24.4. The molecule has 1 rings (SSSR count). The van der Waals surface area contributed by atoms with Crippen LogP contribution in [0.1, 0.15) is 13.8 Å². The van der Waals surface area contributed by atoms with E-state index in [1.165, 1.54) is 6.26 Å². The minimum absolute atomic E-state index is 0.322. The highest BCUT2D eigenvalue weighted by molar-refractivity contribution is 8.00. The van der Waals surface area contributed by atoms with Crippen LogP contribution in [0.3, 0.4) is 0 Å². The fourth-order valence-electron chi connectivity index (χ4n) is 1.93. The molecule has 0 bridgehead atoms. The van der Waals surface area contributed by atoms with E-state index in [4.69, 9.17) is 0 Å². The first-order chi connectivity index (χ1) is 8.30. The van der Waals surface area contributed by atoms with Crippen molar-refractivity contribution in [3.8, 4) is 0 Å². The standard InChI is InChI=1S/C11H24N2O3S2/c1-9(2)12-6-10(14)7-13-4-5-17-8-11(13)18(3,15)16/h9-12,14H,4-8H2,1-3H3. The van der Waals surface area contributed by atoms with Gasteiger partial charge in [-0.15, -0.1) is 0 Å². The van der Waals surface area contributed by atoms with Crippen molar-refractivity contribution >= 4 is 21.6 Å². The smallest absolute Gasteiger partial charge is 0.164 e. The number of sulfone groups is 1. The zero-order valence-corrected chi connectivity index (χ0v) is 12.9. The average Bonchev–Trinajstić information content (AvgIpc) is 2.25. The van der Waals surface area contributed by atoms with Gasteiger partial charge in [0.25, 0.3) is 0 Å². The molecule has 2 N–H and O–H groups in total. The fourth-order valence-corrected chi connectivity index (χ4v) is 4.88. The van der Waals surface area contributed by atoms with E-state index in [2.05, 4.69) is 5.32 Å². The summed E-state index contributed by atoms with van der Waals surface area (Å²) >= 11 is 1.66. The number of thioether (sulfide) groups is 1. The Morgan fingerprint density at radius 2 is 2.17 bits per heavy atom. The quantitative estimate of drug-likeness (QED) is 0.705. The van der Waals surface area contributed by atoms with Gasteiger partial charge in [-0.25, -0.2) is 8.42 Å². The van der Waals surface area contributed by atoms with Crippen LogP contribution in [0.5, 0.6) is 0 Å². The molecule has 0 aromatic rings. The van der Waals surface area contributed by atoms with Crippen molar-refractivity contribution in [1.29, 1.82) is 0 Å². The molecule has 0 aromatic heterocycles. The molecule has 1 fully saturated rings. The number of hydrogen-bond donors (Lipinski definition) is 2. The second-order valence-corrected chi connectivity index (χ2v) is 8.42. The average molecular weight is 296 g/mol. The van der Waals surface area contributed by atoms with Gasteiger partial charge in [0.2, 0.25) is 0 Å². The summed E-state index contributed by atoms with van der Waals surface area (Å²) < 4.78 is 23.4. The van der Waals surface area contributed by atoms with E-state index in [-0.39, 0.29) is 0 Å². The molecule has 1 aliphatic heterocycles. The molecule has 0 saturated carbocycles. The van der Waals surface area contributed by atoms with Crippen LogP contribution in [0.2, 0.25) is 0 Å². The van der Waals surface area contributed by atoms with E-state index in [0.29, 0.717) is 24.9 Å². The van der Waals surface area contributed by atoms with Crippen LogP contribution < -0.4 is 5.32 Å². The third-order valence-electron chi connectivity index (χ3n) is 2.89. The van der Waals surface area contributed by atoms with E-state index in [0.717, 1.165) is 12.3 Å². The Balaban J connectivity index is 2.52. The van der Waals surface area contributed by atoms with Gasteiger partial charge in [-0.3, -0.25) is 4.90 Å². The van der Waals surface area contributed by atoms with Crippen molar-refractivity contribution in [3.63, 3.8) is 0 Å². The van der Waals surface area contributed by atoms with Gasteiger partial charge in [-0.2, -0.15) is 11.8 Å². The summed E-state index contributed by atoms with van der Waals surface area (Å²) in [5.41, 5.74) is 0. The fraction of sp³-hybridized carbons (Fsp3) is 1.00. The van der Waals surface area contributed by atoms with Crippen molar-refractivity contribution in [2.45, 2.75) is 31.4 Å². The van der Waals surface area contributed by atoms with Gasteiger partial charge < -0.3 is 10.4 Å². The maximum atomic E-state index is 11.7. The lowest BCUT2D eigenvalue weighted by Crippen LogP contribution is -2.51. The second kappa shape index (κ2) is 7.09. The van der Waals surface area contributed by atoms with Gasteiger partial charge >= 0.3 is 0 Å². The van der Waals surface area contributed by atoms with Crippen LogP contribution in [0.25, 0.3) is 0 Å². The summed E-state index contributed by atoms with van der Waals surface area (Å²) in [5, 5.41) is 12.6. The second-order valence-electron chi connectivity index (χ2n) is 5.07. The van der Waals surface area contributed by atoms with Gasteiger partial charge in [0.05, 0.1) is 6.10 Å². The summed E-state index contributed by atoms with van der Waals surface area (Å²) in [4.78, 5) is 1.89. The number of nitrogens with one attached hydrogen (secondary N) is 1. The van der Waals surface area contributed by atoms with Crippen LogP contribution in [-0.2, 0) is 9.84 Å². The SMILES string of the molecule is CC(C)NCC(O)CN1CCSCC1S(C)(=O)=O. The molecule has 18 heavy (non-hydrogen) atoms. The predicted octanol–water partition coefficient (Wildman–Crippen LogP) is -0.235. The molecular formula is C11H24N2O3S2. The molecule has 108 valence electrons. The van der Waals surface area contributed by atoms with Gasteiger partial charge in [0, 0.05) is 43.4 Å². The molecule has 1 saturated heterocycles. The van der Waals surface area contributed by atoms with E-state index < -0.39 is 21.3 Å². The topological polar surface area (TPSA) is 69.6 Å². The number of rotatable bonds is 6. The Morgan fingerprint density at radius 3 is 2.72 bits per heavy atom. The van der Waals surface area contributed by atoms with Crippen molar-refractivity contribution in [2.75, 3.05) is 37.4 Å². The zero-order chi connectivity index (χ0) is 13.8. The lowest BCUT2D eigenvalue weighted by atomic mass is 10.3. The maximum Gasteiger partial charge on any atom is 0.164 e. The Hall–Kier alpha value is 0.180. The number of hydrogen-bond acceptors (Lipinski definition) is 6. The number of aliphatic hydroxyl groups excluding tert-OH is 1. The highest BCUT2D eigenvalue weighted by atomic mass is 32.2. The van der Waals surface area contributed by atoms with E-state index in [9.17, 15) is 13.5 Å². The Bertz CT molecular complexity index is 346. The molecule has 2 unspecified atom stereocenters. The van der Waals surface area contributed by atoms with E-state index in [1.807, 2.05) is 18.7 Å². The van der Waals surface area contributed by atoms with Crippen LogP contribution >= 0.6 is 11.8 Å². The first kappa shape index (κ1) is 16.2. The van der Waals surface area contributed by atoms with Crippen molar-refractivity contribution in [3.05, 3.63) is 0 Å². The molecular weight excluding hydrogens is 272 g/mol. The van der Waals surface area contributed by atoms with Crippen LogP contribution in [0.15, 0.2) is 0 Å². The zero-order valence-electron chi connectivity index (χ0n) is 11.3. The largest absolute Gasteiger partial charge is 0.390 e. The first-order valence-corrected chi connectivity index (χ1v) is 9.33. The Labute approximate surface area is 114 Å². The Kier molecular flexibility index (Phi) is 6.40. The first-order valence-electron chi connectivity index (χ1n) is 6.23. The van der Waals surface area contributed by atoms with Gasteiger partial charge in [0.1, 0.15) is 5.37 Å². The lowest BCUT2D eigenvalue weighted by Gasteiger charge is -2.35. The number of β-amino-alcohol motifs (C(OH)–C–C–N with tert-alkyl or cyclic N) is 1. The molecule has 1 aliphatic rings. The van der Waals surface area contributed by atoms with Crippen molar-refractivity contribution < 1.29 is 13.5 Å². The highest BCUT2D eigenvalue weighted by Gasteiger charge is 2.31. The van der Waals surface area contributed by atoms with Gasteiger partial charge in [-0.1, -0.05) is 13.8 Å². The summed E-state index contributed by atoms with van der Waals surface area (Å²) in [5.74, 6) is 1.53. The molecule has 2 atom stereocenters. The monoisotopic (exact) mass is 296 g/mol. The number of aliphatic hydroxyl groups is 1. The molecule has 0 radical (unpaired) electrons. The van der Waals surface area contributed by atoms with Crippen LogP contribution in [-0.4, -0.2) is 73.3 Å². The van der Waals surface area contributed by atoms with Crippen molar-refractivity contribution in [2.24, 2.45) is 0 Å². The van der Waals surface area contributed by atoms with E-state index >= 15 is 0 Å². The van der Waals surface area contributed by atoms with Crippen LogP contribution in [0.4, 0.5) is 0 Å². The summed E-state index contributed by atoms with van der Waals surface area (Å²) in [6.45, 7) is 5.67. The summed E-state index contributed by atoms with van der Waals surface area (Å²) in [6.07, 6.45) is 0.745. The van der Waals surface area contributed by atoms with E-state index in [1.54, 1.807) is 11.8 Å². The number of nitrogens with zero attached hydrogens (tertiary/aromatic N) is 1. The third kappa shape index (κ3) is 5.44. The summed E-state index contributed by atoms with van der Waals surface area (Å²) in [7, 11) is -3.08. The minimum Gasteiger partial charge on any atom is -0.390 e. The van der Waals surface area contributed by atoms with Gasteiger partial charge in [0.15, 0.2) is 9.84 Å². The molecule has 5 nitrogen and oxygen atoms in total. The highest BCUT2D eigenvalue weighted by Crippen LogP contribution is 2.20. The lowest BCUT2D eigenvalue weighted by molar-refractivity contribution is 0.108. The van der Waals surface area contributed by atoms with Crippen molar-refractivity contribution in [1.82, 2.24) is 10.2 Å². The van der Waals surface area contributed by atoms with Crippen LogP contribution in [0, 0.1) is 0 Å². The molecule has 0 aromatic carbocycles. The third-order valence-corrected chi connectivity index (χ3v) is 5.58. The summed E-state index contributed by atoms with van der Waals surface area (Å²) in [6, 6.07) is 0.322. The molecule has 0 aliphatic carbocycles. The molecule has 1 heterocycles. The molecule has 7 heteroatoms. The molecule has 0 amide bonds. The maximum absolute atomic E-state index is 11.7. The molecule has 0 spiro atoms.